The summed E-state index contributed by atoms with van der Waals surface area (Å²) in [6.07, 6.45) is 1.81. The molecule has 0 aromatic carbocycles. The molecule has 1 fully saturated rings. The summed E-state index contributed by atoms with van der Waals surface area (Å²) in [5.74, 6) is -0.0246. The summed E-state index contributed by atoms with van der Waals surface area (Å²) in [5.41, 5.74) is -0.271. The topological polar surface area (TPSA) is 61.4 Å². The van der Waals surface area contributed by atoms with Gasteiger partial charge in [-0.3, -0.25) is 4.79 Å². The average molecular weight is 172 g/mol. The third-order valence-corrected chi connectivity index (χ3v) is 2.10. The molecule has 1 aliphatic rings. The molecule has 0 saturated heterocycles. The van der Waals surface area contributed by atoms with Gasteiger partial charge in [0.05, 0.1) is 18.7 Å². The molecular formula is C8H16N2O2. The molecule has 1 amide bonds. The van der Waals surface area contributed by atoms with E-state index in [1.807, 2.05) is 6.92 Å². The molecule has 0 aliphatic heterocycles. The Morgan fingerprint density at radius 2 is 2.25 bits per heavy atom. The predicted molar refractivity (Wildman–Crippen MR) is 45.7 cm³/mol. The number of hydrogen-bond acceptors (Lipinski definition) is 3. The molecule has 4 nitrogen and oxygen atoms in total. The lowest BCUT2D eigenvalue weighted by Crippen LogP contribution is -2.43. The Morgan fingerprint density at radius 3 is 2.67 bits per heavy atom. The standard InChI is InChI=1S/C8H16N2O2/c1-2-9-5-7(12)10-8(6-11)3-4-8/h9,11H,2-6H2,1H3,(H,10,12). The molecule has 0 spiro atoms. The van der Waals surface area contributed by atoms with Crippen molar-refractivity contribution >= 4 is 5.91 Å². The van der Waals surface area contributed by atoms with Crippen LogP contribution in [-0.2, 0) is 4.79 Å². The van der Waals surface area contributed by atoms with Crippen LogP contribution < -0.4 is 10.6 Å². The zero-order valence-electron chi connectivity index (χ0n) is 7.39. The summed E-state index contributed by atoms with van der Waals surface area (Å²) in [6, 6.07) is 0. The SMILES string of the molecule is CCNCC(=O)NC1(CO)CC1. The van der Waals surface area contributed by atoms with Crippen LogP contribution >= 0.6 is 0 Å². The fourth-order valence-electron chi connectivity index (χ4n) is 1.05. The summed E-state index contributed by atoms with van der Waals surface area (Å²) < 4.78 is 0. The summed E-state index contributed by atoms with van der Waals surface area (Å²) in [6.45, 7) is 3.15. The Hall–Kier alpha value is -0.610. The molecule has 0 heterocycles. The van der Waals surface area contributed by atoms with E-state index in [1.54, 1.807) is 0 Å². The van der Waals surface area contributed by atoms with E-state index in [9.17, 15) is 4.79 Å². The highest BCUT2D eigenvalue weighted by Crippen LogP contribution is 2.34. The van der Waals surface area contributed by atoms with Gasteiger partial charge in [-0.15, -0.1) is 0 Å². The number of likely N-dealkylation sites (N-methyl/N-ethyl adjacent to an activating group) is 1. The highest BCUT2D eigenvalue weighted by Gasteiger charge is 2.43. The van der Waals surface area contributed by atoms with Crippen molar-refractivity contribution in [1.29, 1.82) is 0 Å². The Kier molecular flexibility index (Phi) is 3.05. The van der Waals surface area contributed by atoms with Crippen LogP contribution in [0.4, 0.5) is 0 Å². The van der Waals surface area contributed by atoms with Gasteiger partial charge in [-0.05, 0) is 19.4 Å². The van der Waals surface area contributed by atoms with Crippen LogP contribution in [0.15, 0.2) is 0 Å². The maximum Gasteiger partial charge on any atom is 0.234 e. The lowest BCUT2D eigenvalue weighted by molar-refractivity contribution is -0.121. The number of amides is 1. The molecular weight excluding hydrogens is 156 g/mol. The van der Waals surface area contributed by atoms with Crippen molar-refractivity contribution in [2.45, 2.75) is 25.3 Å². The first-order valence-corrected chi connectivity index (χ1v) is 4.35. The van der Waals surface area contributed by atoms with Crippen molar-refractivity contribution in [2.24, 2.45) is 0 Å². The maximum atomic E-state index is 11.1. The maximum absolute atomic E-state index is 11.1. The van der Waals surface area contributed by atoms with Gasteiger partial charge in [-0.1, -0.05) is 6.92 Å². The van der Waals surface area contributed by atoms with E-state index in [2.05, 4.69) is 10.6 Å². The van der Waals surface area contributed by atoms with E-state index >= 15 is 0 Å². The summed E-state index contributed by atoms with van der Waals surface area (Å²) in [5, 5.41) is 14.6. The predicted octanol–water partition coefficient (Wildman–Crippen LogP) is -0.763. The van der Waals surface area contributed by atoms with Gasteiger partial charge in [0, 0.05) is 0 Å². The van der Waals surface area contributed by atoms with Crippen LogP contribution in [0.1, 0.15) is 19.8 Å². The zero-order chi connectivity index (χ0) is 9.03. The quantitative estimate of drug-likeness (QED) is 0.510. The fourth-order valence-corrected chi connectivity index (χ4v) is 1.05. The molecule has 0 aromatic heterocycles. The number of aliphatic hydroxyl groups is 1. The first-order valence-electron chi connectivity index (χ1n) is 4.35. The van der Waals surface area contributed by atoms with E-state index in [0.29, 0.717) is 6.54 Å². The molecule has 0 aromatic rings. The Labute approximate surface area is 72.3 Å². The lowest BCUT2D eigenvalue weighted by atomic mass is 10.3. The van der Waals surface area contributed by atoms with Crippen LogP contribution in [0.5, 0.6) is 0 Å². The van der Waals surface area contributed by atoms with Gasteiger partial charge < -0.3 is 15.7 Å². The molecule has 70 valence electrons. The molecule has 1 rings (SSSR count). The van der Waals surface area contributed by atoms with E-state index in [0.717, 1.165) is 19.4 Å². The molecule has 12 heavy (non-hydrogen) atoms. The van der Waals surface area contributed by atoms with Crippen LogP contribution in [0.2, 0.25) is 0 Å². The molecule has 1 saturated carbocycles. The van der Waals surface area contributed by atoms with Crippen molar-refractivity contribution in [2.75, 3.05) is 19.7 Å². The van der Waals surface area contributed by atoms with Gasteiger partial charge in [0.15, 0.2) is 0 Å². The van der Waals surface area contributed by atoms with Crippen LogP contribution in [0.3, 0.4) is 0 Å². The van der Waals surface area contributed by atoms with Gasteiger partial charge in [-0.2, -0.15) is 0 Å². The van der Waals surface area contributed by atoms with Crippen molar-refractivity contribution in [3.05, 3.63) is 0 Å². The zero-order valence-corrected chi connectivity index (χ0v) is 7.39. The van der Waals surface area contributed by atoms with Crippen molar-refractivity contribution < 1.29 is 9.90 Å². The molecule has 0 unspecified atom stereocenters. The largest absolute Gasteiger partial charge is 0.394 e. The van der Waals surface area contributed by atoms with Crippen LogP contribution in [-0.4, -0.2) is 36.2 Å². The number of nitrogens with one attached hydrogen (secondary N) is 2. The van der Waals surface area contributed by atoms with Gasteiger partial charge in [0.2, 0.25) is 5.91 Å². The first kappa shape index (κ1) is 9.48. The number of hydrogen-bond donors (Lipinski definition) is 3. The monoisotopic (exact) mass is 172 g/mol. The highest BCUT2D eigenvalue weighted by molar-refractivity contribution is 5.79. The van der Waals surface area contributed by atoms with Gasteiger partial charge in [0.1, 0.15) is 0 Å². The number of aliphatic hydroxyl groups excluding tert-OH is 1. The normalized spacial score (nSPS) is 18.8. The highest BCUT2D eigenvalue weighted by atomic mass is 16.3. The molecule has 0 radical (unpaired) electrons. The number of rotatable bonds is 5. The van der Waals surface area contributed by atoms with Crippen molar-refractivity contribution in [3.8, 4) is 0 Å². The Balaban J connectivity index is 2.17. The third-order valence-electron chi connectivity index (χ3n) is 2.10. The van der Waals surface area contributed by atoms with Crippen LogP contribution in [0.25, 0.3) is 0 Å². The second-order valence-electron chi connectivity index (χ2n) is 3.27. The minimum Gasteiger partial charge on any atom is -0.394 e. The molecule has 4 heteroatoms. The Bertz CT molecular complexity index is 166. The molecule has 1 aliphatic carbocycles. The van der Waals surface area contributed by atoms with Crippen molar-refractivity contribution in [1.82, 2.24) is 10.6 Å². The summed E-state index contributed by atoms with van der Waals surface area (Å²) in [4.78, 5) is 11.1. The minimum absolute atomic E-state index is 0.0246. The average Bonchev–Trinajstić information content (AvgIpc) is 2.82. The summed E-state index contributed by atoms with van der Waals surface area (Å²) in [7, 11) is 0. The van der Waals surface area contributed by atoms with Gasteiger partial charge in [-0.25, -0.2) is 0 Å². The smallest absolute Gasteiger partial charge is 0.234 e. The molecule has 3 N–H and O–H groups in total. The van der Waals surface area contributed by atoms with E-state index in [-0.39, 0.29) is 18.1 Å². The third kappa shape index (κ3) is 2.46. The summed E-state index contributed by atoms with van der Waals surface area (Å²) >= 11 is 0. The minimum atomic E-state index is -0.271. The van der Waals surface area contributed by atoms with Gasteiger partial charge >= 0.3 is 0 Å². The first-order chi connectivity index (χ1) is 5.72. The van der Waals surface area contributed by atoms with Crippen LogP contribution in [0, 0.1) is 0 Å². The van der Waals surface area contributed by atoms with E-state index in [4.69, 9.17) is 5.11 Å². The van der Waals surface area contributed by atoms with E-state index in [1.165, 1.54) is 0 Å². The van der Waals surface area contributed by atoms with Crippen molar-refractivity contribution in [3.63, 3.8) is 0 Å². The number of carbonyl (C=O) groups is 1. The van der Waals surface area contributed by atoms with Gasteiger partial charge in [0.25, 0.3) is 0 Å². The molecule has 0 bridgehead atoms. The lowest BCUT2D eigenvalue weighted by Gasteiger charge is -2.13. The second-order valence-corrected chi connectivity index (χ2v) is 3.27. The Morgan fingerprint density at radius 1 is 1.58 bits per heavy atom. The second kappa shape index (κ2) is 3.87. The fraction of sp³-hybridized carbons (Fsp3) is 0.875. The van der Waals surface area contributed by atoms with E-state index < -0.39 is 0 Å². The molecule has 0 atom stereocenters. The number of carbonyl (C=O) groups excluding carboxylic acids is 1.